The minimum Gasteiger partial charge on any atom is -3.00 e. The molecule has 0 spiro atoms. The SMILES string of the molecule is [K].[N-3].[Na+].[Na+].[Na+]. The predicted octanol–water partition coefficient (Wildman–Crippen LogP) is -9.08. The smallest absolute Gasteiger partial charge is 1.00 e. The van der Waals surface area contributed by atoms with Gasteiger partial charge in [-0.15, -0.1) is 0 Å². The van der Waals surface area contributed by atoms with Crippen molar-refractivity contribution in [2.75, 3.05) is 0 Å². The first-order valence-electron chi connectivity index (χ1n) is 0. The van der Waals surface area contributed by atoms with E-state index in [-0.39, 0.29) is 146 Å². The first-order chi connectivity index (χ1) is 0. The second-order valence-electron chi connectivity index (χ2n) is 0. The van der Waals surface area contributed by atoms with E-state index in [4.69, 9.17) is 0 Å². The van der Waals surface area contributed by atoms with Gasteiger partial charge >= 0.3 is 88.7 Å². The molecule has 0 amide bonds. The third kappa shape index (κ3) is 17.7. The predicted molar refractivity (Wildman–Crippen MR) is 9.11 cm³/mol. The van der Waals surface area contributed by atoms with Crippen LogP contribution in [0.1, 0.15) is 0 Å². The third-order valence-corrected chi connectivity index (χ3v) is 0. The molecule has 0 aliphatic carbocycles. The Labute approximate surface area is 142 Å². The first kappa shape index (κ1) is 33.6. The largest absolute Gasteiger partial charge is 3.00 e. The fourth-order valence-corrected chi connectivity index (χ4v) is 0. The summed E-state index contributed by atoms with van der Waals surface area (Å²) in [6.45, 7) is 0. The van der Waals surface area contributed by atoms with Gasteiger partial charge < -0.3 is 6.15 Å². The normalized spacial score (nSPS) is 0. The molecule has 0 heterocycles. The fourth-order valence-electron chi connectivity index (χ4n) is 0. The zero-order chi connectivity index (χ0) is 0. The zero-order valence-corrected chi connectivity index (χ0v) is 13.6. The molecule has 1 nitrogen and oxygen atoms in total. The zero-order valence-electron chi connectivity index (χ0n) is 4.45. The number of hydrogen-bond acceptors (Lipinski definition) is 0. The molecule has 0 aromatic rings. The van der Waals surface area contributed by atoms with E-state index in [9.17, 15) is 0 Å². The van der Waals surface area contributed by atoms with Crippen LogP contribution in [-0.2, 0) is 0 Å². The molecule has 5 heavy (non-hydrogen) atoms. The molecule has 0 aliphatic rings. The summed E-state index contributed by atoms with van der Waals surface area (Å²) in [5.41, 5.74) is 0. The van der Waals surface area contributed by atoms with Crippen molar-refractivity contribution in [3.05, 3.63) is 6.15 Å². The molecule has 0 atom stereocenters. The standard InChI is InChI=1S/K.N.3Na/q;-3;3*+1. The van der Waals surface area contributed by atoms with Gasteiger partial charge in [-0.2, -0.15) is 0 Å². The molecule has 0 N–H and O–H groups in total. The Hall–Kier alpha value is 4.60. The van der Waals surface area contributed by atoms with E-state index in [0.717, 1.165) is 0 Å². The summed E-state index contributed by atoms with van der Waals surface area (Å²) in [7, 11) is 0. The van der Waals surface area contributed by atoms with Crippen LogP contribution in [0.2, 0.25) is 0 Å². The van der Waals surface area contributed by atoms with Gasteiger partial charge in [-0.1, -0.05) is 0 Å². The van der Waals surface area contributed by atoms with Crippen molar-refractivity contribution in [3.63, 3.8) is 0 Å². The van der Waals surface area contributed by atoms with Gasteiger partial charge in [0.1, 0.15) is 0 Å². The van der Waals surface area contributed by atoms with Crippen molar-refractivity contribution < 1.29 is 88.7 Å². The maximum atomic E-state index is 0. The van der Waals surface area contributed by atoms with E-state index in [2.05, 4.69) is 0 Å². The van der Waals surface area contributed by atoms with Gasteiger partial charge in [0.2, 0.25) is 0 Å². The van der Waals surface area contributed by atoms with Crippen molar-refractivity contribution in [3.8, 4) is 0 Å². The number of hydrogen-bond donors (Lipinski definition) is 0. The summed E-state index contributed by atoms with van der Waals surface area (Å²) in [6.07, 6.45) is 0. The summed E-state index contributed by atoms with van der Waals surface area (Å²) in [4.78, 5) is 0. The maximum Gasteiger partial charge on any atom is 1.00 e. The molecule has 5 heteroatoms. The minimum atomic E-state index is 0. The Morgan fingerprint density at radius 3 is 0.600 bits per heavy atom. The summed E-state index contributed by atoms with van der Waals surface area (Å²) in [5.74, 6) is 0. The van der Waals surface area contributed by atoms with E-state index in [1.807, 2.05) is 0 Å². The quantitative estimate of drug-likeness (QED) is 0.286. The molecule has 0 saturated heterocycles. The van der Waals surface area contributed by atoms with Gasteiger partial charge in [0.05, 0.1) is 0 Å². The van der Waals surface area contributed by atoms with Crippen LogP contribution in [0.25, 0.3) is 6.15 Å². The Morgan fingerprint density at radius 2 is 0.600 bits per heavy atom. The van der Waals surface area contributed by atoms with Crippen molar-refractivity contribution in [1.82, 2.24) is 0 Å². The van der Waals surface area contributed by atoms with Crippen LogP contribution in [0.4, 0.5) is 0 Å². The molecular weight excluding hydrogens is 122 g/mol. The molecule has 0 unspecified atom stereocenters. The number of rotatable bonds is 0. The molecule has 0 bridgehead atoms. The van der Waals surface area contributed by atoms with Gasteiger partial charge in [0, 0.05) is 51.4 Å². The summed E-state index contributed by atoms with van der Waals surface area (Å²) >= 11 is 0. The van der Waals surface area contributed by atoms with Crippen molar-refractivity contribution in [1.29, 1.82) is 0 Å². The van der Waals surface area contributed by atoms with Gasteiger partial charge in [-0.3, -0.25) is 0 Å². The van der Waals surface area contributed by atoms with Crippen molar-refractivity contribution in [2.24, 2.45) is 0 Å². The van der Waals surface area contributed by atoms with Crippen molar-refractivity contribution in [2.45, 2.75) is 0 Å². The van der Waals surface area contributed by atoms with E-state index >= 15 is 0 Å². The van der Waals surface area contributed by atoms with Crippen LogP contribution in [0.3, 0.4) is 0 Å². The van der Waals surface area contributed by atoms with E-state index in [1.165, 1.54) is 0 Å². The summed E-state index contributed by atoms with van der Waals surface area (Å²) in [6, 6.07) is 0. The van der Waals surface area contributed by atoms with Crippen LogP contribution in [-0.4, -0.2) is 51.4 Å². The molecule has 0 rings (SSSR count). The minimum absolute atomic E-state index is 0. The molecule has 0 saturated carbocycles. The Bertz CT molecular complexity index is 6.85. The first-order valence-corrected chi connectivity index (χ1v) is 0. The molecule has 1 radical (unpaired) electrons. The monoisotopic (exact) mass is 122 g/mol. The van der Waals surface area contributed by atoms with Crippen LogP contribution >= 0.6 is 0 Å². The molecule has 9 valence electrons. The summed E-state index contributed by atoms with van der Waals surface area (Å²) in [5, 5.41) is 0. The topological polar surface area (TPSA) is 30.5 Å². The van der Waals surface area contributed by atoms with Gasteiger partial charge in [0.15, 0.2) is 0 Å². The van der Waals surface area contributed by atoms with Crippen LogP contribution in [0, 0.1) is 0 Å². The number of nitrogens with zero attached hydrogens (tertiary/aromatic N) is 1. The molecule has 0 aromatic carbocycles. The Morgan fingerprint density at radius 1 is 0.600 bits per heavy atom. The van der Waals surface area contributed by atoms with Crippen LogP contribution < -0.4 is 88.7 Å². The van der Waals surface area contributed by atoms with Crippen LogP contribution in [0.15, 0.2) is 0 Å². The van der Waals surface area contributed by atoms with E-state index < -0.39 is 0 Å². The Balaban J connectivity index is 0. The molecule has 0 aliphatic heterocycles. The van der Waals surface area contributed by atoms with E-state index in [0.29, 0.717) is 0 Å². The van der Waals surface area contributed by atoms with Crippen LogP contribution in [0.5, 0.6) is 0 Å². The second kappa shape index (κ2) is 23.5. The van der Waals surface area contributed by atoms with E-state index in [1.54, 1.807) is 0 Å². The van der Waals surface area contributed by atoms with Gasteiger partial charge in [0.25, 0.3) is 0 Å². The summed E-state index contributed by atoms with van der Waals surface area (Å²) < 4.78 is 0. The third-order valence-electron chi connectivity index (χ3n) is 0. The Kier molecular flexibility index (Phi) is 158. The van der Waals surface area contributed by atoms with Crippen molar-refractivity contribution >= 4 is 51.4 Å². The maximum absolute atomic E-state index is 0. The van der Waals surface area contributed by atoms with Gasteiger partial charge in [-0.25, -0.2) is 0 Å². The molecule has 0 fully saturated rings. The fraction of sp³-hybridized carbons (Fsp3) is 0. The average molecular weight is 122 g/mol. The molecule has 0 aromatic heterocycles. The second-order valence-corrected chi connectivity index (χ2v) is 0. The van der Waals surface area contributed by atoms with Gasteiger partial charge in [-0.05, 0) is 0 Å². The molecular formula is KNNa3. The average Bonchev–Trinajstić information content (AvgIpc) is 0.